The average molecular weight is 1270 g/mol. The molecule has 0 unspecified atom stereocenters. The first-order chi connectivity index (χ1) is 43.1. The number of carboxylic acid groups (broad SMARTS) is 1. The molecule has 9 rings (SSSR count). The van der Waals surface area contributed by atoms with Gasteiger partial charge in [0, 0.05) is 93.0 Å². The molecule has 2 heterocycles. The number of unbranched alkanes of at least 4 members (excludes halogenated alkanes) is 1. The molecule has 0 saturated carbocycles. The molecule has 0 atom stereocenters. The van der Waals surface area contributed by atoms with E-state index in [-0.39, 0.29) is 11.7 Å². The molecule has 1 amide bonds. The van der Waals surface area contributed by atoms with Crippen LogP contribution in [-0.2, 0) is 40.6 Å². The highest BCUT2D eigenvalue weighted by molar-refractivity contribution is 7.15. The molecule has 0 fully saturated rings. The molecule has 91 heavy (non-hydrogen) atoms. The number of anilines is 1. The number of nitrogens with one attached hydrogen (secondary N) is 1. The Bertz CT molecular complexity index is 4070. The number of thiophene rings is 1. The van der Waals surface area contributed by atoms with Crippen LogP contribution in [0.3, 0.4) is 0 Å². The number of amides is 1. The standard InChI is InChI=1S/C69H79B2N5O6SSi.C2HF3O2/c1-45(2)64(77)27-18-19-35-75(41-49-21-12-16-25-62(49)70(79)80)44-61-54-24-15-14-23-53(54)60(43-76(36-20-34-72-69(78)46(3)4)42-50-22-13-17-26-63(50)71(81)82)55-31-28-48(37-59(55)61)65-40-58(47(5)83-65)68-56-32-29-51(73(6)7)38-66(56)84(10,11)67-39-52(74(8)9)30-33-57(67)68;3-2(4,5)1(6)7/h12-17,21-26,28-33,37-40,79-82H,1,3,18-20,27,34-36,41-44H2,2,4-11H3;(H,6,7). The number of carbonyl (C=O) groups excluding carboxylic acids is 3. The third kappa shape index (κ3) is 16.3. The van der Waals surface area contributed by atoms with Crippen LogP contribution in [0, 0.1) is 6.92 Å². The van der Waals surface area contributed by atoms with Gasteiger partial charge in [0.15, 0.2) is 11.5 Å². The highest BCUT2D eigenvalue weighted by atomic mass is 32.1. The Morgan fingerprint density at radius 3 is 1.78 bits per heavy atom. The van der Waals surface area contributed by atoms with Crippen LogP contribution >= 0.6 is 11.3 Å². The van der Waals surface area contributed by atoms with E-state index in [1.54, 1.807) is 26.0 Å². The van der Waals surface area contributed by atoms with Crippen LogP contribution in [0.25, 0.3) is 37.6 Å². The summed E-state index contributed by atoms with van der Waals surface area (Å²) >= 11 is 1.81. The van der Waals surface area contributed by atoms with Gasteiger partial charge in [-0.15, -0.1) is 11.3 Å². The lowest BCUT2D eigenvalue weighted by Gasteiger charge is -2.38. The van der Waals surface area contributed by atoms with Crippen LogP contribution in [0.5, 0.6) is 0 Å². The van der Waals surface area contributed by atoms with Crippen molar-refractivity contribution < 1.29 is 57.3 Å². The van der Waals surface area contributed by atoms with E-state index in [0.29, 0.717) is 87.1 Å². The number of rotatable bonds is 24. The molecule has 0 bridgehead atoms. The Kier molecular flexibility index (Phi) is 22.5. The smallest absolute Gasteiger partial charge is 0.488 e. The number of halogens is 3. The Labute approximate surface area is 537 Å². The third-order valence-corrected chi connectivity index (χ3v) is 21.6. The molecule has 1 aromatic heterocycles. The number of allylic oxidation sites excluding steroid dienone is 6. The van der Waals surface area contributed by atoms with E-state index in [1.165, 1.54) is 48.9 Å². The number of ketones is 1. The molecule has 1 aliphatic heterocycles. The lowest BCUT2D eigenvalue weighted by molar-refractivity contribution is -0.462. The monoisotopic (exact) mass is 1270 g/mol. The molecule has 0 radical (unpaired) electrons. The normalized spacial score (nSPS) is 13.4. The molecule has 1 aliphatic carbocycles. The van der Waals surface area contributed by atoms with Crippen molar-refractivity contribution in [1.82, 2.24) is 15.1 Å². The molecule has 5 N–H and O–H groups in total. The van der Waals surface area contributed by atoms with E-state index < -0.39 is 34.5 Å². The first-order valence-corrected chi connectivity index (χ1v) is 34.2. The highest BCUT2D eigenvalue weighted by Crippen LogP contribution is 2.47. The summed E-state index contributed by atoms with van der Waals surface area (Å²) < 4.78 is 33.7. The fraction of sp³-hybridized carbons (Fsp3) is 0.296. The number of nitrogens with zero attached hydrogens (tertiary/aromatic N) is 4. The summed E-state index contributed by atoms with van der Waals surface area (Å²) in [5, 5.41) is 61.4. The molecule has 0 spiro atoms. The zero-order valence-electron chi connectivity index (χ0n) is 53.3. The van der Waals surface area contributed by atoms with Crippen LogP contribution in [0.4, 0.5) is 18.9 Å². The van der Waals surface area contributed by atoms with E-state index in [1.807, 2.05) is 47.7 Å². The molecule has 2 aliphatic rings. The first kappa shape index (κ1) is 69.1. The van der Waals surface area contributed by atoms with Crippen LogP contribution in [0.1, 0.15) is 77.8 Å². The van der Waals surface area contributed by atoms with Gasteiger partial charge in [0.25, 0.3) is 0 Å². The lowest BCUT2D eigenvalue weighted by atomic mass is 9.77. The number of aliphatic carboxylic acids is 1. The molecule has 0 saturated heterocycles. The maximum absolute atomic E-state index is 12.8. The van der Waals surface area contributed by atoms with Gasteiger partial charge in [0.05, 0.1) is 0 Å². The Hall–Kier alpha value is -7.78. The maximum atomic E-state index is 12.8. The minimum absolute atomic E-state index is 0.0574. The number of fused-ring (bicyclic) bond motifs is 4. The van der Waals surface area contributed by atoms with Gasteiger partial charge in [-0.3, -0.25) is 19.4 Å². The highest BCUT2D eigenvalue weighted by Gasteiger charge is 2.41. The van der Waals surface area contributed by atoms with Gasteiger partial charge in [0.1, 0.15) is 28.1 Å². The summed E-state index contributed by atoms with van der Waals surface area (Å²) in [5.41, 5.74) is 14.3. The maximum Gasteiger partial charge on any atom is 0.488 e. The lowest BCUT2D eigenvalue weighted by Crippen LogP contribution is -2.49. The SMILES string of the molecule is C=C(C)C(=O)CCCCN(Cc1ccccc1B(O)O)Cc1c2ccccc2c(CN(CCCNC(=O)C(=C)C)Cc2ccccc2B(O)O)c2ccc(-c3cc(C4=C5C=CC(=[N+](C)C)C=C5[Si](C)(C)c5cc(N(C)C)ccc54)c(C)s3)cc12.O=C([O-])C(F)(F)F. The quantitative estimate of drug-likeness (QED) is 0.0129. The molecule has 20 heteroatoms. The summed E-state index contributed by atoms with van der Waals surface area (Å²) in [7, 11) is 2.96. The van der Waals surface area contributed by atoms with Crippen LogP contribution in [-0.4, -0.2) is 134 Å². The van der Waals surface area contributed by atoms with Crippen molar-refractivity contribution >= 4 is 106 Å². The zero-order valence-corrected chi connectivity index (χ0v) is 55.1. The second-order valence-corrected chi connectivity index (χ2v) is 30.1. The van der Waals surface area contributed by atoms with Gasteiger partial charge >= 0.3 is 20.4 Å². The van der Waals surface area contributed by atoms with Crippen molar-refractivity contribution in [3.8, 4) is 10.4 Å². The van der Waals surface area contributed by atoms with Crippen LogP contribution in [0.15, 0.2) is 169 Å². The number of hydrogen-bond donors (Lipinski definition) is 5. The number of hydrogen-bond acceptors (Lipinski definition) is 12. The van der Waals surface area contributed by atoms with Gasteiger partial charge in [-0.25, -0.2) is 4.58 Å². The topological polar surface area (TPSA) is 180 Å². The summed E-state index contributed by atoms with van der Waals surface area (Å²) in [6, 6.07) is 39.8. The van der Waals surface area contributed by atoms with E-state index in [0.717, 1.165) is 60.7 Å². The Morgan fingerprint density at radius 1 is 0.692 bits per heavy atom. The van der Waals surface area contributed by atoms with Crippen LogP contribution in [0.2, 0.25) is 13.1 Å². The Balaban J connectivity index is 0.00000144. The predicted molar refractivity (Wildman–Crippen MR) is 366 cm³/mol. The molecular formula is C71H80B2F3N5O8SSi. The van der Waals surface area contributed by atoms with Crippen molar-refractivity contribution in [2.45, 2.75) is 91.9 Å². The van der Waals surface area contributed by atoms with Gasteiger partial charge in [-0.1, -0.05) is 117 Å². The van der Waals surface area contributed by atoms with Gasteiger partial charge in [0.2, 0.25) is 5.91 Å². The van der Waals surface area contributed by atoms with Gasteiger partial charge in [-0.05, 0) is 175 Å². The minimum atomic E-state index is -5.19. The van der Waals surface area contributed by atoms with E-state index in [2.05, 4.69) is 171 Å². The van der Waals surface area contributed by atoms with Crippen molar-refractivity contribution in [2.24, 2.45) is 0 Å². The minimum Gasteiger partial charge on any atom is -0.542 e. The van der Waals surface area contributed by atoms with Gasteiger partial charge in [-0.2, -0.15) is 13.2 Å². The fourth-order valence-electron chi connectivity index (χ4n) is 12.1. The molecule has 474 valence electrons. The first-order valence-electron chi connectivity index (χ1n) is 30.4. The summed E-state index contributed by atoms with van der Waals surface area (Å²) in [6.07, 6.45) is 4.30. The largest absolute Gasteiger partial charge is 0.542 e. The number of aryl methyl sites for hydroxylation is 1. The summed E-state index contributed by atoms with van der Waals surface area (Å²) in [5.74, 6) is -3.14. The van der Waals surface area contributed by atoms with Crippen molar-refractivity contribution in [1.29, 1.82) is 0 Å². The van der Waals surface area contributed by atoms with Crippen LogP contribution < -0.4 is 31.4 Å². The van der Waals surface area contributed by atoms with E-state index in [4.69, 9.17) is 9.90 Å². The summed E-state index contributed by atoms with van der Waals surface area (Å²) in [6.45, 7) is 22.0. The van der Waals surface area contributed by atoms with Gasteiger partial charge < -0.3 is 40.2 Å². The molecule has 7 aromatic rings. The zero-order chi connectivity index (χ0) is 66.2. The predicted octanol–water partition coefficient (Wildman–Crippen LogP) is 8.64. The number of carboxylic acids is 1. The number of carbonyl (C=O) groups is 3. The number of alkyl halides is 3. The Morgan fingerprint density at radius 2 is 1.24 bits per heavy atom. The number of benzene rings is 6. The second-order valence-electron chi connectivity index (χ2n) is 24.5. The molecule has 13 nitrogen and oxygen atoms in total. The molecule has 6 aromatic carbocycles. The second kappa shape index (κ2) is 29.7. The fourth-order valence-corrected chi connectivity index (χ4v) is 16.2. The van der Waals surface area contributed by atoms with Crippen molar-refractivity contribution in [3.05, 3.63) is 207 Å². The molecular weight excluding hydrogens is 1190 g/mol. The summed E-state index contributed by atoms with van der Waals surface area (Å²) in [4.78, 5) is 43.5. The van der Waals surface area contributed by atoms with E-state index >= 15 is 0 Å². The third-order valence-electron chi connectivity index (χ3n) is 17.0. The van der Waals surface area contributed by atoms with Crippen molar-refractivity contribution in [3.63, 3.8) is 0 Å². The average Bonchev–Trinajstić information content (AvgIpc) is 1.61. The van der Waals surface area contributed by atoms with Crippen molar-refractivity contribution in [2.75, 3.05) is 52.7 Å². The van der Waals surface area contributed by atoms with E-state index in [9.17, 15) is 42.9 Å². The number of Topliss-reactive ketones (excluding diaryl/α,β-unsaturated/α-hetero) is 1.